The van der Waals surface area contributed by atoms with E-state index in [-0.39, 0.29) is 32.2 Å². The third-order valence-electron chi connectivity index (χ3n) is 5.57. The van der Waals surface area contributed by atoms with Crippen LogP contribution >= 0.6 is 11.8 Å². The van der Waals surface area contributed by atoms with Crippen LogP contribution in [0.4, 0.5) is 0 Å². The van der Waals surface area contributed by atoms with Crippen molar-refractivity contribution in [2.45, 2.75) is 44.6 Å². The predicted molar refractivity (Wildman–Crippen MR) is 120 cm³/mol. The first-order chi connectivity index (χ1) is 15.4. The van der Waals surface area contributed by atoms with Crippen molar-refractivity contribution in [2.24, 2.45) is 17.3 Å². The second kappa shape index (κ2) is 12.8. The summed E-state index contributed by atoms with van der Waals surface area (Å²) in [6.45, 7) is 5.64. The number of rotatable bonds is 12. The van der Waals surface area contributed by atoms with Crippen LogP contribution in [0.25, 0.3) is 0 Å². The van der Waals surface area contributed by atoms with E-state index < -0.39 is 35.2 Å². The summed E-state index contributed by atoms with van der Waals surface area (Å²) in [6, 6.07) is 9.26. The number of esters is 3. The lowest BCUT2D eigenvalue weighted by Gasteiger charge is -2.33. The minimum absolute atomic E-state index is 0.147. The van der Waals surface area contributed by atoms with Crippen LogP contribution in [0.1, 0.15) is 33.6 Å². The number of hydroxylamine groups is 1. The largest absolute Gasteiger partial charge is 0.465 e. The van der Waals surface area contributed by atoms with E-state index in [9.17, 15) is 14.4 Å². The van der Waals surface area contributed by atoms with Gasteiger partial charge in [-0.3, -0.25) is 14.4 Å². The average molecular weight is 468 g/mol. The van der Waals surface area contributed by atoms with Gasteiger partial charge in [0, 0.05) is 16.7 Å². The molecule has 8 nitrogen and oxygen atoms in total. The Bertz CT molecular complexity index is 742. The van der Waals surface area contributed by atoms with Crippen molar-refractivity contribution >= 4 is 29.7 Å². The number of ether oxygens (including phenoxy) is 3. The monoisotopic (exact) mass is 467 g/mol. The van der Waals surface area contributed by atoms with Crippen LogP contribution in [0.15, 0.2) is 35.2 Å². The third-order valence-corrected chi connectivity index (χ3v) is 6.83. The molecule has 0 spiro atoms. The lowest BCUT2D eigenvalue weighted by atomic mass is 9.82. The molecule has 0 amide bonds. The molecule has 1 saturated carbocycles. The average Bonchev–Trinajstić information content (AvgIpc) is 3.13. The molecule has 0 heterocycles. The van der Waals surface area contributed by atoms with E-state index in [0.29, 0.717) is 12.2 Å². The van der Waals surface area contributed by atoms with Gasteiger partial charge in [0.1, 0.15) is 0 Å². The highest BCUT2D eigenvalue weighted by Crippen LogP contribution is 2.49. The molecule has 0 aromatic heterocycles. The Morgan fingerprint density at radius 3 is 2.16 bits per heavy atom. The van der Waals surface area contributed by atoms with Gasteiger partial charge in [-0.25, -0.2) is 0 Å². The van der Waals surface area contributed by atoms with Crippen molar-refractivity contribution in [1.82, 2.24) is 5.48 Å². The first-order valence-corrected chi connectivity index (χ1v) is 11.9. The number of hydrogen-bond donors (Lipinski definition) is 1. The first kappa shape index (κ1) is 26.2. The third kappa shape index (κ3) is 6.24. The van der Waals surface area contributed by atoms with E-state index >= 15 is 0 Å². The fraction of sp³-hybridized carbons (Fsp3) is 0.609. The summed E-state index contributed by atoms with van der Waals surface area (Å²) in [5.74, 6) is -2.85. The van der Waals surface area contributed by atoms with Crippen LogP contribution in [0.2, 0.25) is 0 Å². The molecule has 178 valence electrons. The molecule has 1 aliphatic carbocycles. The Hall–Kier alpha value is -2.10. The molecule has 0 bridgehead atoms. The molecule has 1 aromatic rings. The molecule has 0 aliphatic heterocycles. The van der Waals surface area contributed by atoms with E-state index in [4.69, 9.17) is 19.0 Å². The summed E-state index contributed by atoms with van der Waals surface area (Å²) in [5.41, 5.74) is 1.91. The number of hydrogen-bond acceptors (Lipinski definition) is 9. The zero-order chi connectivity index (χ0) is 23.6. The van der Waals surface area contributed by atoms with Gasteiger partial charge in [-0.2, -0.15) is 5.48 Å². The van der Waals surface area contributed by atoms with Crippen molar-refractivity contribution in [3.05, 3.63) is 30.3 Å². The molecule has 1 aromatic carbocycles. The summed E-state index contributed by atoms with van der Waals surface area (Å²) in [4.78, 5) is 44.9. The Kier molecular flexibility index (Phi) is 10.5. The minimum Gasteiger partial charge on any atom is -0.465 e. The van der Waals surface area contributed by atoms with E-state index in [2.05, 4.69) is 5.48 Å². The molecule has 3 unspecified atom stereocenters. The number of carbonyl (C=O) groups is 3. The van der Waals surface area contributed by atoms with Crippen molar-refractivity contribution in [3.8, 4) is 0 Å². The molecule has 0 radical (unpaired) electrons. The zero-order valence-corrected chi connectivity index (χ0v) is 19.9. The summed E-state index contributed by atoms with van der Waals surface area (Å²) in [7, 11) is 1.47. The number of benzene rings is 1. The van der Waals surface area contributed by atoms with E-state index in [1.807, 2.05) is 30.3 Å². The lowest BCUT2D eigenvalue weighted by molar-refractivity contribution is -0.165. The van der Waals surface area contributed by atoms with Gasteiger partial charge < -0.3 is 19.0 Å². The van der Waals surface area contributed by atoms with Crippen molar-refractivity contribution in [2.75, 3.05) is 32.7 Å². The molecule has 3 atom stereocenters. The summed E-state index contributed by atoms with van der Waals surface area (Å²) < 4.78 is 15.8. The van der Waals surface area contributed by atoms with Gasteiger partial charge in [0.15, 0.2) is 5.92 Å². The number of nitrogens with one attached hydrogen (secondary N) is 1. The van der Waals surface area contributed by atoms with Crippen molar-refractivity contribution < 1.29 is 33.4 Å². The molecule has 1 aliphatic rings. The summed E-state index contributed by atoms with van der Waals surface area (Å²) >= 11 is 1.52. The standard InChI is InChI=1S/C23H33NO7S/c1-5-29-20(25)19(21(26)30-6-2)16-13-18(24-28-4)23(14-16,22(27)31-7-3)15-32-17-11-9-8-10-12-17/h8-12,16,18-19,24H,5-7,13-15H2,1-4H3. The minimum atomic E-state index is -1.12. The van der Waals surface area contributed by atoms with Gasteiger partial charge in [-0.15, -0.1) is 11.8 Å². The van der Waals surface area contributed by atoms with Gasteiger partial charge in [0.25, 0.3) is 0 Å². The van der Waals surface area contributed by atoms with Crippen LogP contribution in [0.3, 0.4) is 0 Å². The van der Waals surface area contributed by atoms with Gasteiger partial charge in [-0.05, 0) is 51.7 Å². The van der Waals surface area contributed by atoms with E-state index in [0.717, 1.165) is 4.90 Å². The van der Waals surface area contributed by atoms with Gasteiger partial charge in [-0.1, -0.05) is 18.2 Å². The van der Waals surface area contributed by atoms with Gasteiger partial charge in [0.05, 0.1) is 32.3 Å². The lowest BCUT2D eigenvalue weighted by Crippen LogP contribution is -2.48. The topological polar surface area (TPSA) is 100 Å². The molecule has 1 N–H and O–H groups in total. The predicted octanol–water partition coefficient (Wildman–Crippen LogP) is 3.00. The summed E-state index contributed by atoms with van der Waals surface area (Å²) in [5, 5.41) is 0. The van der Waals surface area contributed by atoms with Crippen LogP contribution in [0.5, 0.6) is 0 Å². The van der Waals surface area contributed by atoms with E-state index in [1.165, 1.54) is 18.9 Å². The van der Waals surface area contributed by atoms with Crippen LogP contribution < -0.4 is 5.48 Å². The maximum absolute atomic E-state index is 13.3. The molecule has 1 fully saturated rings. The highest BCUT2D eigenvalue weighted by atomic mass is 32.2. The zero-order valence-electron chi connectivity index (χ0n) is 19.1. The first-order valence-electron chi connectivity index (χ1n) is 10.9. The fourth-order valence-electron chi connectivity index (χ4n) is 4.17. The Morgan fingerprint density at radius 1 is 1.03 bits per heavy atom. The Labute approximate surface area is 193 Å². The maximum atomic E-state index is 13.3. The van der Waals surface area contributed by atoms with Crippen molar-refractivity contribution in [3.63, 3.8) is 0 Å². The SMILES string of the molecule is CCOC(=O)C(C(=O)OCC)C1CC(NOC)C(CSc2ccccc2)(C(=O)OCC)C1. The van der Waals surface area contributed by atoms with Crippen LogP contribution in [0, 0.1) is 17.3 Å². The van der Waals surface area contributed by atoms with Crippen LogP contribution in [-0.2, 0) is 33.4 Å². The number of thioether (sulfide) groups is 1. The fourth-order valence-corrected chi connectivity index (χ4v) is 5.38. The maximum Gasteiger partial charge on any atom is 0.320 e. The quantitative estimate of drug-likeness (QED) is 0.163. The smallest absolute Gasteiger partial charge is 0.320 e. The Morgan fingerprint density at radius 2 is 1.62 bits per heavy atom. The molecule has 2 rings (SSSR count). The van der Waals surface area contributed by atoms with E-state index in [1.54, 1.807) is 20.8 Å². The highest BCUT2D eigenvalue weighted by molar-refractivity contribution is 7.99. The number of carbonyl (C=O) groups excluding carboxylic acids is 3. The molecule has 9 heteroatoms. The Balaban J connectivity index is 2.39. The summed E-state index contributed by atoms with van der Waals surface area (Å²) in [6.07, 6.45) is 0.610. The van der Waals surface area contributed by atoms with Crippen molar-refractivity contribution in [1.29, 1.82) is 0 Å². The molecule has 32 heavy (non-hydrogen) atoms. The molecule has 0 saturated heterocycles. The normalized spacial score (nSPS) is 22.5. The second-order valence-corrected chi connectivity index (χ2v) is 8.58. The second-order valence-electron chi connectivity index (χ2n) is 7.53. The van der Waals surface area contributed by atoms with Gasteiger partial charge in [0.2, 0.25) is 0 Å². The highest BCUT2D eigenvalue weighted by Gasteiger charge is 2.57. The molecular formula is C23H33NO7S. The van der Waals surface area contributed by atoms with Gasteiger partial charge >= 0.3 is 17.9 Å². The van der Waals surface area contributed by atoms with Crippen LogP contribution in [-0.4, -0.2) is 56.6 Å². The molecular weight excluding hydrogens is 434 g/mol.